The third-order valence-corrected chi connectivity index (χ3v) is 8.98. The first kappa shape index (κ1) is 19.9. The molecule has 0 atom stereocenters. The Kier molecular flexibility index (Phi) is 4.88. The van der Waals surface area contributed by atoms with Gasteiger partial charge >= 0.3 is 0 Å². The third kappa shape index (κ3) is 3.76. The summed E-state index contributed by atoms with van der Waals surface area (Å²) in [6.07, 6.45) is 3.21. The highest BCUT2D eigenvalue weighted by atomic mass is 32.2. The maximum absolute atomic E-state index is 12.5. The largest absolute Gasteiger partial charge is 0.337 e. The number of benzene rings is 1. The molecule has 156 valence electrons. The number of thiophene rings is 2. The second-order valence-electron chi connectivity index (χ2n) is 7.20. The quantitative estimate of drug-likeness (QED) is 0.452. The van der Waals surface area contributed by atoms with Crippen molar-refractivity contribution in [1.29, 1.82) is 0 Å². The maximum Gasteiger partial charge on any atom is 0.271 e. The van der Waals surface area contributed by atoms with E-state index in [1.54, 1.807) is 53.1 Å². The zero-order valence-electron chi connectivity index (χ0n) is 16.4. The summed E-state index contributed by atoms with van der Waals surface area (Å²) in [6.45, 7) is 0.622. The predicted molar refractivity (Wildman–Crippen MR) is 124 cm³/mol. The van der Waals surface area contributed by atoms with Crippen LogP contribution in [-0.4, -0.2) is 31.3 Å². The molecule has 0 bridgehead atoms. The van der Waals surface area contributed by atoms with Gasteiger partial charge in [0.05, 0.1) is 11.9 Å². The molecule has 4 aromatic rings. The molecule has 1 N–H and O–H groups in total. The summed E-state index contributed by atoms with van der Waals surface area (Å²) in [5.41, 5.74) is 4.10. The minimum atomic E-state index is -3.62. The zero-order chi connectivity index (χ0) is 21.6. The van der Waals surface area contributed by atoms with Crippen LogP contribution >= 0.6 is 22.7 Å². The number of pyridine rings is 1. The molecule has 0 saturated carbocycles. The van der Waals surface area contributed by atoms with E-state index in [0.29, 0.717) is 12.2 Å². The summed E-state index contributed by atoms with van der Waals surface area (Å²) in [5, 5.41) is 1.73. The van der Waals surface area contributed by atoms with Crippen molar-refractivity contribution in [2.24, 2.45) is 0 Å². The van der Waals surface area contributed by atoms with Gasteiger partial charge in [0.15, 0.2) is 0 Å². The Balaban J connectivity index is 1.41. The van der Waals surface area contributed by atoms with Gasteiger partial charge in [-0.2, -0.15) is 0 Å². The lowest BCUT2D eigenvalue weighted by atomic mass is 10.1. The van der Waals surface area contributed by atoms with Gasteiger partial charge in [0.2, 0.25) is 0 Å². The molecule has 5 rings (SSSR count). The molecule has 1 amide bonds. The number of carbonyl (C=O) groups is 1. The number of fused-ring (bicyclic) bond motifs is 1. The van der Waals surface area contributed by atoms with Crippen LogP contribution in [0, 0.1) is 0 Å². The van der Waals surface area contributed by atoms with E-state index in [1.165, 1.54) is 17.5 Å². The van der Waals surface area contributed by atoms with Crippen LogP contribution in [0.1, 0.15) is 15.9 Å². The number of nitrogens with one attached hydrogen (secondary N) is 1. The van der Waals surface area contributed by atoms with Crippen LogP contribution in [0.3, 0.4) is 0 Å². The van der Waals surface area contributed by atoms with Gasteiger partial charge in [-0.3, -0.25) is 14.5 Å². The lowest BCUT2D eigenvalue weighted by Gasteiger charge is -2.07. The van der Waals surface area contributed by atoms with E-state index in [1.807, 2.05) is 24.3 Å². The highest BCUT2D eigenvalue weighted by Crippen LogP contribution is 2.37. The van der Waals surface area contributed by atoms with Crippen molar-refractivity contribution in [2.45, 2.75) is 10.8 Å². The van der Waals surface area contributed by atoms with E-state index in [0.717, 1.165) is 32.0 Å². The van der Waals surface area contributed by atoms with Crippen molar-refractivity contribution in [1.82, 2.24) is 9.88 Å². The lowest BCUT2D eigenvalue weighted by molar-refractivity contribution is 0.0816. The van der Waals surface area contributed by atoms with E-state index in [4.69, 9.17) is 0 Å². The molecular formula is C22H17N3O3S3. The fourth-order valence-corrected chi connectivity index (χ4v) is 6.53. The first-order chi connectivity index (χ1) is 14.9. The number of aromatic nitrogens is 1. The highest BCUT2D eigenvalue weighted by molar-refractivity contribution is 7.94. The van der Waals surface area contributed by atoms with Gasteiger partial charge in [0, 0.05) is 40.7 Å². The number of amides is 1. The Hall–Kier alpha value is -3.01. The molecule has 0 saturated heterocycles. The topological polar surface area (TPSA) is 79.4 Å². The molecule has 31 heavy (non-hydrogen) atoms. The fourth-order valence-electron chi connectivity index (χ4n) is 3.52. The van der Waals surface area contributed by atoms with Crippen LogP contribution in [0.25, 0.3) is 20.9 Å². The van der Waals surface area contributed by atoms with Crippen LogP contribution in [0.2, 0.25) is 0 Å². The molecule has 1 aliphatic rings. The van der Waals surface area contributed by atoms with E-state index >= 15 is 0 Å². The molecule has 0 fully saturated rings. The van der Waals surface area contributed by atoms with E-state index in [2.05, 4.69) is 15.8 Å². The van der Waals surface area contributed by atoms with E-state index in [9.17, 15) is 13.2 Å². The van der Waals surface area contributed by atoms with Gasteiger partial charge in [0.25, 0.3) is 15.9 Å². The van der Waals surface area contributed by atoms with Crippen molar-refractivity contribution in [2.75, 3.05) is 11.8 Å². The molecule has 1 aromatic carbocycles. The van der Waals surface area contributed by atoms with E-state index in [-0.39, 0.29) is 10.1 Å². The minimum absolute atomic E-state index is 0.0568. The van der Waals surface area contributed by atoms with Crippen LogP contribution < -0.4 is 4.72 Å². The molecule has 0 aliphatic carbocycles. The second-order valence-corrected chi connectivity index (χ2v) is 11.1. The van der Waals surface area contributed by atoms with Crippen LogP contribution in [0.4, 0.5) is 5.69 Å². The average molecular weight is 468 g/mol. The molecular weight excluding hydrogens is 450 g/mol. The fraction of sp³-hybridized carbons (Fsp3) is 0.0909. The Morgan fingerprint density at radius 2 is 1.84 bits per heavy atom. The first-order valence-corrected chi connectivity index (χ1v) is 12.6. The number of rotatable bonds is 5. The first-order valence-electron chi connectivity index (χ1n) is 9.41. The Labute approximate surface area is 187 Å². The van der Waals surface area contributed by atoms with Gasteiger partial charge in [0.1, 0.15) is 4.21 Å². The SMILES string of the molecule is CN1Cc2cc(-c3ccc(-c4cncc(NS(=O)(=O)c5cccs5)c4)s3)ccc2C1=O. The summed E-state index contributed by atoms with van der Waals surface area (Å²) in [5.74, 6) is 0.0568. The van der Waals surface area contributed by atoms with E-state index < -0.39 is 10.0 Å². The van der Waals surface area contributed by atoms with Crippen LogP contribution in [0.5, 0.6) is 0 Å². The van der Waals surface area contributed by atoms with Gasteiger partial charge < -0.3 is 4.90 Å². The highest BCUT2D eigenvalue weighted by Gasteiger charge is 2.24. The number of sulfonamides is 1. The number of hydrogen-bond acceptors (Lipinski definition) is 6. The molecule has 0 spiro atoms. The normalized spacial score (nSPS) is 13.5. The van der Waals surface area contributed by atoms with Crippen molar-refractivity contribution < 1.29 is 13.2 Å². The second kappa shape index (κ2) is 7.60. The lowest BCUT2D eigenvalue weighted by Crippen LogP contribution is -2.17. The molecule has 9 heteroatoms. The minimum Gasteiger partial charge on any atom is -0.337 e. The van der Waals surface area contributed by atoms with Gasteiger partial charge in [-0.15, -0.1) is 22.7 Å². The van der Waals surface area contributed by atoms with Gasteiger partial charge in [-0.1, -0.05) is 12.1 Å². The van der Waals surface area contributed by atoms with Gasteiger partial charge in [-0.25, -0.2) is 8.42 Å². The molecule has 0 unspecified atom stereocenters. The zero-order valence-corrected chi connectivity index (χ0v) is 18.9. The van der Waals surface area contributed by atoms with Gasteiger partial charge in [-0.05, 0) is 52.9 Å². The standard InChI is InChI=1S/C22H17N3O3S3/c1-25-13-16-9-14(4-5-18(16)22(25)26)19-6-7-20(30-19)15-10-17(12-23-11-15)24-31(27,28)21-3-2-8-29-21/h2-12,24H,13H2,1H3. The predicted octanol–water partition coefficient (Wildman–Crippen LogP) is 4.93. The molecule has 3 aromatic heterocycles. The Morgan fingerprint density at radius 1 is 1.03 bits per heavy atom. The molecule has 6 nitrogen and oxygen atoms in total. The molecule has 4 heterocycles. The number of hydrogen-bond donors (Lipinski definition) is 1. The average Bonchev–Trinajstić information content (AvgIpc) is 3.49. The summed E-state index contributed by atoms with van der Waals surface area (Å²) >= 11 is 2.76. The smallest absolute Gasteiger partial charge is 0.271 e. The van der Waals surface area contributed by atoms with Crippen molar-refractivity contribution in [3.05, 3.63) is 77.4 Å². The molecule has 0 radical (unpaired) electrons. The maximum atomic E-state index is 12.5. The Bertz CT molecular complexity index is 1390. The van der Waals surface area contributed by atoms with Crippen molar-refractivity contribution >= 4 is 44.3 Å². The molecule has 1 aliphatic heterocycles. The van der Waals surface area contributed by atoms with Crippen LogP contribution in [0.15, 0.2) is 70.5 Å². The van der Waals surface area contributed by atoms with Crippen molar-refractivity contribution in [3.8, 4) is 20.9 Å². The summed E-state index contributed by atoms with van der Waals surface area (Å²) in [6, 6.07) is 15.0. The van der Waals surface area contributed by atoms with Crippen LogP contribution in [-0.2, 0) is 16.6 Å². The summed E-state index contributed by atoms with van der Waals surface area (Å²) in [4.78, 5) is 20.1. The number of anilines is 1. The number of nitrogens with zero attached hydrogens (tertiary/aromatic N) is 2. The third-order valence-electron chi connectivity index (χ3n) is 5.02. The monoisotopic (exact) mass is 467 g/mol. The Morgan fingerprint density at radius 3 is 2.61 bits per heavy atom. The summed E-state index contributed by atoms with van der Waals surface area (Å²) < 4.78 is 27.8. The number of carbonyl (C=O) groups excluding carboxylic acids is 1. The van der Waals surface area contributed by atoms with Crippen molar-refractivity contribution in [3.63, 3.8) is 0 Å². The summed E-state index contributed by atoms with van der Waals surface area (Å²) in [7, 11) is -1.82.